The van der Waals surface area contributed by atoms with Crippen molar-refractivity contribution in [3.05, 3.63) is 89.7 Å². The van der Waals surface area contributed by atoms with Gasteiger partial charge in [0.2, 0.25) is 5.95 Å². The summed E-state index contributed by atoms with van der Waals surface area (Å²) in [5.74, 6) is 0.627. The first kappa shape index (κ1) is 25.1. The van der Waals surface area contributed by atoms with Crippen molar-refractivity contribution in [3.8, 4) is 23.0 Å². The first-order valence-corrected chi connectivity index (χ1v) is 12.5. The molecule has 0 fully saturated rings. The third kappa shape index (κ3) is 4.83. The number of hydrogen-bond donors (Lipinski definition) is 3. The van der Waals surface area contributed by atoms with Crippen LogP contribution in [0.25, 0.3) is 23.0 Å². The summed E-state index contributed by atoms with van der Waals surface area (Å²) in [5, 5.41) is 32.8. The molecule has 12 heteroatoms. The Morgan fingerprint density at radius 2 is 1.80 bits per heavy atom. The van der Waals surface area contributed by atoms with Crippen molar-refractivity contribution in [1.29, 1.82) is 0 Å². The van der Waals surface area contributed by atoms with E-state index in [0.29, 0.717) is 28.3 Å². The van der Waals surface area contributed by atoms with E-state index in [2.05, 4.69) is 41.0 Å². The number of fused-ring (bicyclic) bond motifs is 1. The van der Waals surface area contributed by atoms with Crippen molar-refractivity contribution < 1.29 is 19.1 Å². The number of nitrogens with zero attached hydrogens (tertiary/aromatic N) is 6. The maximum absolute atomic E-state index is 12.2. The molecule has 40 heavy (non-hydrogen) atoms. The van der Waals surface area contributed by atoms with E-state index in [-0.39, 0.29) is 30.3 Å². The number of benzene rings is 2. The molecule has 12 nitrogen and oxygen atoms in total. The lowest BCUT2D eigenvalue weighted by molar-refractivity contribution is 0.00954. The zero-order chi connectivity index (χ0) is 27.7. The third-order valence-corrected chi connectivity index (χ3v) is 6.42. The molecule has 0 amide bonds. The lowest BCUT2D eigenvalue weighted by Crippen LogP contribution is -2.17. The van der Waals surface area contributed by atoms with Gasteiger partial charge in [0, 0.05) is 23.6 Å². The summed E-state index contributed by atoms with van der Waals surface area (Å²) in [5.41, 5.74) is 2.94. The number of hydrogen-bond acceptors (Lipinski definition) is 12. The second-order valence-electron chi connectivity index (χ2n) is 9.55. The summed E-state index contributed by atoms with van der Waals surface area (Å²) >= 11 is 0. The molecule has 0 bridgehead atoms. The molecular formula is C28H24N8O4. The first-order valence-electron chi connectivity index (χ1n) is 12.5. The second kappa shape index (κ2) is 10.2. The normalized spacial score (nSPS) is 14.3. The Labute approximate surface area is 228 Å². The van der Waals surface area contributed by atoms with E-state index in [1.807, 2.05) is 50.2 Å². The quantitative estimate of drug-likeness (QED) is 0.242. The van der Waals surface area contributed by atoms with E-state index < -0.39 is 11.6 Å². The molecule has 1 aliphatic rings. The van der Waals surface area contributed by atoms with E-state index in [1.54, 1.807) is 36.7 Å². The SMILES string of the molecule is CC1(C)OC(=O)c2ccc(Nc3ncc(-c4nnc(-c5cccnn5)o4)c(N[C@H](CO)c4ccccc4)n3)cc21. The van der Waals surface area contributed by atoms with E-state index in [4.69, 9.17) is 9.15 Å². The van der Waals surface area contributed by atoms with Crippen LogP contribution in [0.2, 0.25) is 0 Å². The van der Waals surface area contributed by atoms with Crippen LogP contribution in [0, 0.1) is 0 Å². The van der Waals surface area contributed by atoms with E-state index in [9.17, 15) is 9.90 Å². The summed E-state index contributed by atoms with van der Waals surface area (Å²) in [6.07, 6.45) is 3.10. The Kier molecular flexibility index (Phi) is 6.36. The number of carbonyl (C=O) groups is 1. The molecule has 1 aliphatic heterocycles. The van der Waals surface area contributed by atoms with Gasteiger partial charge in [-0.3, -0.25) is 0 Å². The topological polar surface area (TPSA) is 161 Å². The van der Waals surface area contributed by atoms with Crippen molar-refractivity contribution in [2.75, 3.05) is 17.2 Å². The number of esters is 1. The number of aliphatic hydroxyl groups excluding tert-OH is 1. The fraction of sp³-hybridized carbons (Fsp3) is 0.179. The van der Waals surface area contributed by atoms with E-state index in [0.717, 1.165) is 11.1 Å². The van der Waals surface area contributed by atoms with Crippen LogP contribution in [0.15, 0.2) is 77.5 Å². The Balaban J connectivity index is 1.36. The molecule has 200 valence electrons. The first-order chi connectivity index (χ1) is 19.4. The number of aromatic nitrogens is 6. The van der Waals surface area contributed by atoms with E-state index in [1.165, 1.54) is 0 Å². The second-order valence-corrected chi connectivity index (χ2v) is 9.55. The van der Waals surface area contributed by atoms with Gasteiger partial charge in [0.15, 0.2) is 0 Å². The Morgan fingerprint density at radius 3 is 2.58 bits per heavy atom. The minimum Gasteiger partial charge on any atom is -0.451 e. The van der Waals surface area contributed by atoms with Gasteiger partial charge >= 0.3 is 5.97 Å². The van der Waals surface area contributed by atoms with Crippen molar-refractivity contribution in [3.63, 3.8) is 0 Å². The molecule has 3 aromatic heterocycles. The lowest BCUT2D eigenvalue weighted by Gasteiger charge is -2.20. The van der Waals surface area contributed by atoms with Crippen LogP contribution in [0.4, 0.5) is 17.5 Å². The van der Waals surface area contributed by atoms with Crippen molar-refractivity contribution in [2.24, 2.45) is 0 Å². The Morgan fingerprint density at radius 1 is 0.975 bits per heavy atom. The van der Waals surface area contributed by atoms with Crippen LogP contribution >= 0.6 is 0 Å². The number of cyclic esters (lactones) is 1. The average molecular weight is 537 g/mol. The highest BCUT2D eigenvalue weighted by atomic mass is 16.6. The molecule has 0 unspecified atom stereocenters. The van der Waals surface area contributed by atoms with Gasteiger partial charge in [-0.2, -0.15) is 10.1 Å². The van der Waals surface area contributed by atoms with Gasteiger partial charge in [-0.05, 0) is 49.7 Å². The third-order valence-electron chi connectivity index (χ3n) is 6.42. The summed E-state index contributed by atoms with van der Waals surface area (Å²) in [6.45, 7) is 3.48. The highest BCUT2D eigenvalue weighted by molar-refractivity contribution is 5.95. The molecule has 0 saturated carbocycles. The fourth-order valence-corrected chi connectivity index (χ4v) is 4.41. The minimum absolute atomic E-state index is 0.161. The summed E-state index contributed by atoms with van der Waals surface area (Å²) in [4.78, 5) is 21.3. The molecule has 1 atom stereocenters. The predicted molar refractivity (Wildman–Crippen MR) is 144 cm³/mol. The molecule has 2 aromatic carbocycles. The highest BCUT2D eigenvalue weighted by Gasteiger charge is 2.37. The maximum Gasteiger partial charge on any atom is 0.339 e. The van der Waals surface area contributed by atoms with Gasteiger partial charge in [0.05, 0.1) is 23.8 Å². The fourth-order valence-electron chi connectivity index (χ4n) is 4.41. The van der Waals surface area contributed by atoms with Gasteiger partial charge < -0.3 is 24.9 Å². The molecule has 0 spiro atoms. The number of rotatable bonds is 8. The monoisotopic (exact) mass is 536 g/mol. The lowest BCUT2D eigenvalue weighted by atomic mass is 9.95. The predicted octanol–water partition coefficient (Wildman–Crippen LogP) is 4.28. The van der Waals surface area contributed by atoms with Crippen molar-refractivity contribution >= 4 is 23.4 Å². The molecule has 0 aliphatic carbocycles. The van der Waals surface area contributed by atoms with Gasteiger partial charge in [-0.1, -0.05) is 30.3 Å². The van der Waals surface area contributed by atoms with Gasteiger partial charge in [0.25, 0.3) is 11.8 Å². The van der Waals surface area contributed by atoms with Crippen molar-refractivity contribution in [2.45, 2.75) is 25.5 Å². The van der Waals surface area contributed by atoms with Crippen LogP contribution in [0.5, 0.6) is 0 Å². The number of nitrogens with one attached hydrogen (secondary N) is 2. The minimum atomic E-state index is -0.746. The number of ether oxygens (including phenoxy) is 1. The Hall–Kier alpha value is -5.23. The smallest absolute Gasteiger partial charge is 0.339 e. The average Bonchev–Trinajstić information content (AvgIpc) is 3.55. The van der Waals surface area contributed by atoms with Crippen LogP contribution in [0.1, 0.15) is 41.4 Å². The van der Waals surface area contributed by atoms with Crippen LogP contribution in [-0.4, -0.2) is 48.0 Å². The number of carbonyl (C=O) groups excluding carboxylic acids is 1. The summed E-state index contributed by atoms with van der Waals surface area (Å²) < 4.78 is 11.4. The number of aliphatic hydroxyl groups is 1. The maximum atomic E-state index is 12.2. The molecule has 6 rings (SSSR count). The van der Waals surface area contributed by atoms with Crippen molar-refractivity contribution in [1.82, 2.24) is 30.4 Å². The van der Waals surface area contributed by atoms with E-state index >= 15 is 0 Å². The van der Waals surface area contributed by atoms with Gasteiger partial charge in [0.1, 0.15) is 17.1 Å². The standard InChI is InChI=1S/C28H24N8O4/c1-28(2)20-13-17(10-11-18(20)26(38)40-28)31-27-29-14-19(24-35-36-25(39-24)21-9-6-12-30-34-21)23(33-27)32-22(15-37)16-7-4-3-5-8-16/h3-14,22,37H,15H2,1-2H3,(H2,29,31,32,33)/t22-/m1/s1. The molecule has 3 N–H and O–H groups in total. The summed E-state index contributed by atoms with van der Waals surface area (Å²) in [7, 11) is 0. The molecule has 0 saturated heterocycles. The number of anilines is 3. The zero-order valence-corrected chi connectivity index (χ0v) is 21.6. The summed E-state index contributed by atoms with van der Waals surface area (Å²) in [6, 6.07) is 17.8. The molecule has 4 heterocycles. The largest absolute Gasteiger partial charge is 0.451 e. The van der Waals surface area contributed by atoms with Gasteiger partial charge in [-0.15, -0.1) is 15.3 Å². The van der Waals surface area contributed by atoms with Crippen LogP contribution < -0.4 is 10.6 Å². The zero-order valence-electron chi connectivity index (χ0n) is 21.6. The highest BCUT2D eigenvalue weighted by Crippen LogP contribution is 2.38. The van der Waals surface area contributed by atoms with Crippen LogP contribution in [0.3, 0.4) is 0 Å². The van der Waals surface area contributed by atoms with Gasteiger partial charge in [-0.25, -0.2) is 9.78 Å². The molecule has 0 radical (unpaired) electrons. The molecular weight excluding hydrogens is 512 g/mol. The Bertz CT molecular complexity index is 1670. The molecule has 5 aromatic rings. The van der Waals surface area contributed by atoms with Crippen LogP contribution in [-0.2, 0) is 10.3 Å².